The van der Waals surface area contributed by atoms with Crippen LogP contribution >= 0.6 is 0 Å². The van der Waals surface area contributed by atoms with Crippen molar-refractivity contribution in [1.82, 2.24) is 4.98 Å². The number of pyridine rings is 1. The van der Waals surface area contributed by atoms with Gasteiger partial charge in [-0.2, -0.15) is 0 Å². The second kappa shape index (κ2) is 5.74. The second-order valence-electron chi connectivity index (χ2n) is 3.42. The Kier molecular flexibility index (Phi) is 4.59. The molecule has 0 aromatic carbocycles. The smallest absolute Gasteiger partial charge is 0.320 e. The van der Waals surface area contributed by atoms with E-state index in [1.54, 1.807) is 18.3 Å². The Hall–Kier alpha value is -1.47. The number of carbonyl (C=O) groups excluding carboxylic acids is 1. The SMILES string of the molecule is COC(=O)CS(=O)(=O)Cc1cccnc1CN. The minimum Gasteiger partial charge on any atom is -0.468 e. The van der Waals surface area contributed by atoms with E-state index in [9.17, 15) is 13.2 Å². The molecule has 1 aromatic heterocycles. The van der Waals surface area contributed by atoms with Gasteiger partial charge in [0.1, 0.15) is 5.75 Å². The number of methoxy groups -OCH3 is 1. The standard InChI is InChI=1S/C10H14N2O4S/c1-16-10(13)7-17(14,15)6-8-3-2-4-12-9(8)5-11/h2-4H,5-7,11H2,1H3. The molecule has 1 aromatic rings. The number of esters is 1. The zero-order chi connectivity index (χ0) is 12.9. The third-order valence-electron chi connectivity index (χ3n) is 2.12. The molecule has 0 bridgehead atoms. The highest BCUT2D eigenvalue weighted by Gasteiger charge is 2.19. The number of nitrogens with zero attached hydrogens (tertiary/aromatic N) is 1. The molecular weight excluding hydrogens is 244 g/mol. The van der Waals surface area contributed by atoms with Gasteiger partial charge in [0, 0.05) is 12.7 Å². The first-order chi connectivity index (χ1) is 7.98. The Morgan fingerprint density at radius 1 is 1.53 bits per heavy atom. The van der Waals surface area contributed by atoms with Crippen molar-refractivity contribution in [3.63, 3.8) is 0 Å². The molecule has 0 amide bonds. The molecule has 0 aliphatic carbocycles. The van der Waals surface area contributed by atoms with E-state index >= 15 is 0 Å². The summed E-state index contributed by atoms with van der Waals surface area (Å²) in [5.41, 5.74) is 6.48. The summed E-state index contributed by atoms with van der Waals surface area (Å²) in [5, 5.41) is 0. The van der Waals surface area contributed by atoms with E-state index in [2.05, 4.69) is 9.72 Å². The van der Waals surface area contributed by atoms with Crippen molar-refractivity contribution in [2.75, 3.05) is 12.9 Å². The van der Waals surface area contributed by atoms with Crippen LogP contribution in [0.4, 0.5) is 0 Å². The lowest BCUT2D eigenvalue weighted by atomic mass is 10.2. The molecule has 2 N–H and O–H groups in total. The van der Waals surface area contributed by atoms with Crippen molar-refractivity contribution >= 4 is 15.8 Å². The van der Waals surface area contributed by atoms with Crippen LogP contribution in [0.2, 0.25) is 0 Å². The van der Waals surface area contributed by atoms with Crippen molar-refractivity contribution in [2.24, 2.45) is 5.73 Å². The maximum absolute atomic E-state index is 11.7. The Labute approximate surface area is 99.7 Å². The fourth-order valence-electron chi connectivity index (χ4n) is 1.31. The molecule has 0 saturated heterocycles. The predicted molar refractivity (Wildman–Crippen MR) is 61.6 cm³/mol. The quantitative estimate of drug-likeness (QED) is 0.723. The van der Waals surface area contributed by atoms with Gasteiger partial charge in [-0.1, -0.05) is 6.07 Å². The van der Waals surface area contributed by atoms with E-state index in [1.165, 1.54) is 0 Å². The molecule has 0 aliphatic heterocycles. The Balaban J connectivity index is 2.86. The van der Waals surface area contributed by atoms with Gasteiger partial charge >= 0.3 is 5.97 Å². The highest BCUT2D eigenvalue weighted by Crippen LogP contribution is 2.10. The Bertz CT molecular complexity index is 499. The van der Waals surface area contributed by atoms with E-state index < -0.39 is 21.6 Å². The molecule has 7 heteroatoms. The van der Waals surface area contributed by atoms with Crippen molar-refractivity contribution in [2.45, 2.75) is 12.3 Å². The zero-order valence-corrected chi connectivity index (χ0v) is 10.2. The van der Waals surface area contributed by atoms with Gasteiger partial charge in [-0.15, -0.1) is 0 Å². The molecule has 1 rings (SSSR count). The van der Waals surface area contributed by atoms with Crippen molar-refractivity contribution in [3.05, 3.63) is 29.6 Å². The first-order valence-electron chi connectivity index (χ1n) is 4.88. The second-order valence-corrected chi connectivity index (χ2v) is 5.49. The van der Waals surface area contributed by atoms with Gasteiger partial charge in [0.15, 0.2) is 9.84 Å². The molecule has 0 fully saturated rings. The highest BCUT2D eigenvalue weighted by molar-refractivity contribution is 7.91. The van der Waals surface area contributed by atoms with E-state index in [-0.39, 0.29) is 12.3 Å². The first kappa shape index (κ1) is 13.6. The van der Waals surface area contributed by atoms with Crippen LogP contribution in [0.1, 0.15) is 11.3 Å². The number of nitrogens with two attached hydrogens (primary N) is 1. The normalized spacial score (nSPS) is 11.2. The molecule has 0 atom stereocenters. The minimum atomic E-state index is -3.55. The molecule has 0 spiro atoms. The van der Waals surface area contributed by atoms with E-state index in [0.29, 0.717) is 11.3 Å². The average Bonchev–Trinajstić information content (AvgIpc) is 2.28. The van der Waals surface area contributed by atoms with Crippen LogP contribution in [0.3, 0.4) is 0 Å². The first-order valence-corrected chi connectivity index (χ1v) is 6.70. The number of hydrogen-bond donors (Lipinski definition) is 1. The molecule has 0 aliphatic rings. The summed E-state index contributed by atoms with van der Waals surface area (Å²) in [4.78, 5) is 14.9. The molecular formula is C10H14N2O4S. The third-order valence-corrected chi connectivity index (χ3v) is 3.55. The van der Waals surface area contributed by atoms with Gasteiger partial charge in [-0.05, 0) is 11.6 Å². The van der Waals surface area contributed by atoms with Gasteiger partial charge in [0.2, 0.25) is 0 Å². The number of aromatic nitrogens is 1. The predicted octanol–water partition coefficient (Wildman–Crippen LogP) is -0.372. The molecule has 0 saturated carbocycles. The van der Waals surface area contributed by atoms with Gasteiger partial charge in [0.25, 0.3) is 0 Å². The number of carbonyl (C=O) groups is 1. The van der Waals surface area contributed by atoms with Gasteiger partial charge < -0.3 is 10.5 Å². The van der Waals surface area contributed by atoms with Crippen LogP contribution in [-0.4, -0.2) is 32.2 Å². The maximum atomic E-state index is 11.7. The summed E-state index contributed by atoms with van der Waals surface area (Å²) in [7, 11) is -2.40. The van der Waals surface area contributed by atoms with Crippen molar-refractivity contribution in [3.8, 4) is 0 Å². The summed E-state index contributed by atoms with van der Waals surface area (Å²) >= 11 is 0. The topological polar surface area (TPSA) is 99.4 Å². The van der Waals surface area contributed by atoms with Crippen LogP contribution in [0.15, 0.2) is 18.3 Å². The van der Waals surface area contributed by atoms with E-state index in [1.807, 2.05) is 0 Å². The minimum absolute atomic E-state index is 0.157. The fraction of sp³-hybridized carbons (Fsp3) is 0.400. The number of hydrogen-bond acceptors (Lipinski definition) is 6. The summed E-state index contributed by atoms with van der Waals surface area (Å²) in [6.45, 7) is 0.157. The number of ether oxygens (including phenoxy) is 1. The van der Waals surface area contributed by atoms with Crippen LogP contribution in [0.5, 0.6) is 0 Å². The van der Waals surface area contributed by atoms with Gasteiger partial charge in [-0.3, -0.25) is 9.78 Å². The average molecular weight is 258 g/mol. The molecule has 1 heterocycles. The summed E-state index contributed by atoms with van der Waals surface area (Å²) < 4.78 is 27.7. The summed E-state index contributed by atoms with van der Waals surface area (Å²) in [6, 6.07) is 3.26. The van der Waals surface area contributed by atoms with Crippen molar-refractivity contribution in [1.29, 1.82) is 0 Å². The van der Waals surface area contributed by atoms with Gasteiger partial charge in [-0.25, -0.2) is 8.42 Å². The monoisotopic (exact) mass is 258 g/mol. The van der Waals surface area contributed by atoms with E-state index in [0.717, 1.165) is 7.11 Å². The molecule has 6 nitrogen and oxygen atoms in total. The summed E-state index contributed by atoms with van der Waals surface area (Å²) in [5.74, 6) is -1.67. The molecule has 17 heavy (non-hydrogen) atoms. The third kappa shape index (κ3) is 4.12. The molecule has 0 unspecified atom stereocenters. The Morgan fingerprint density at radius 2 is 2.24 bits per heavy atom. The van der Waals surface area contributed by atoms with Crippen LogP contribution in [0.25, 0.3) is 0 Å². The zero-order valence-electron chi connectivity index (χ0n) is 9.42. The fourth-order valence-corrected chi connectivity index (χ4v) is 2.63. The molecule has 0 radical (unpaired) electrons. The van der Waals surface area contributed by atoms with E-state index in [4.69, 9.17) is 5.73 Å². The Morgan fingerprint density at radius 3 is 2.82 bits per heavy atom. The summed E-state index contributed by atoms with van der Waals surface area (Å²) in [6.07, 6.45) is 1.54. The van der Waals surface area contributed by atoms with Crippen LogP contribution in [0, 0.1) is 0 Å². The van der Waals surface area contributed by atoms with Crippen LogP contribution in [-0.2, 0) is 31.7 Å². The lowest BCUT2D eigenvalue weighted by Crippen LogP contribution is -2.20. The number of sulfone groups is 1. The maximum Gasteiger partial charge on any atom is 0.320 e. The largest absolute Gasteiger partial charge is 0.468 e. The molecule has 94 valence electrons. The lowest BCUT2D eigenvalue weighted by molar-refractivity contribution is -0.137. The van der Waals surface area contributed by atoms with Crippen LogP contribution < -0.4 is 5.73 Å². The van der Waals surface area contributed by atoms with Gasteiger partial charge in [0.05, 0.1) is 18.6 Å². The van der Waals surface area contributed by atoms with Crippen molar-refractivity contribution < 1.29 is 17.9 Å². The number of rotatable bonds is 5. The lowest BCUT2D eigenvalue weighted by Gasteiger charge is -2.06. The highest BCUT2D eigenvalue weighted by atomic mass is 32.2.